The highest BCUT2D eigenvalue weighted by Crippen LogP contribution is 2.30. The molecule has 0 aliphatic heterocycles. The fourth-order valence-electron chi connectivity index (χ4n) is 1.76. The van der Waals surface area contributed by atoms with Gasteiger partial charge in [0, 0.05) is 18.8 Å². The predicted molar refractivity (Wildman–Crippen MR) is 70.4 cm³/mol. The third kappa shape index (κ3) is 4.39. The standard InChI is InChI=1S/C13H19N3O3/c1-2-7-19-11-5-6-14-13(15-11)16(9-12(17)18)8-10-3-4-10/h5-6,10H,2-4,7-9H2,1H3,(H,17,18). The maximum absolute atomic E-state index is 10.9. The predicted octanol–water partition coefficient (Wildman–Crippen LogP) is 1.57. The Kier molecular flexibility index (Phi) is 4.54. The van der Waals surface area contributed by atoms with Crippen LogP contribution in [0, 0.1) is 5.92 Å². The van der Waals surface area contributed by atoms with E-state index in [-0.39, 0.29) is 6.54 Å². The molecule has 0 aromatic carbocycles. The number of carboxylic acid groups (broad SMARTS) is 1. The minimum Gasteiger partial charge on any atom is -0.480 e. The molecule has 1 aliphatic rings. The second-order valence-corrected chi connectivity index (χ2v) is 4.76. The Labute approximate surface area is 112 Å². The van der Waals surface area contributed by atoms with Crippen LogP contribution in [0.5, 0.6) is 5.88 Å². The van der Waals surface area contributed by atoms with E-state index >= 15 is 0 Å². The van der Waals surface area contributed by atoms with Gasteiger partial charge in [-0.1, -0.05) is 6.92 Å². The van der Waals surface area contributed by atoms with Gasteiger partial charge in [-0.25, -0.2) is 4.98 Å². The van der Waals surface area contributed by atoms with Crippen LogP contribution in [0.2, 0.25) is 0 Å². The van der Waals surface area contributed by atoms with E-state index in [4.69, 9.17) is 9.84 Å². The molecule has 0 radical (unpaired) electrons. The van der Waals surface area contributed by atoms with Crippen molar-refractivity contribution >= 4 is 11.9 Å². The second-order valence-electron chi connectivity index (χ2n) is 4.76. The minimum atomic E-state index is -0.871. The summed E-state index contributed by atoms with van der Waals surface area (Å²) in [6, 6.07) is 1.69. The van der Waals surface area contributed by atoms with Crippen LogP contribution in [0.1, 0.15) is 26.2 Å². The normalized spacial score (nSPS) is 14.2. The monoisotopic (exact) mass is 265 g/mol. The van der Waals surface area contributed by atoms with Crippen molar-refractivity contribution < 1.29 is 14.6 Å². The van der Waals surface area contributed by atoms with E-state index in [9.17, 15) is 4.79 Å². The molecular weight excluding hydrogens is 246 g/mol. The lowest BCUT2D eigenvalue weighted by Crippen LogP contribution is -2.33. The lowest BCUT2D eigenvalue weighted by Gasteiger charge is -2.20. The van der Waals surface area contributed by atoms with Gasteiger partial charge in [-0.3, -0.25) is 4.79 Å². The first-order valence-electron chi connectivity index (χ1n) is 6.61. The van der Waals surface area contributed by atoms with Crippen molar-refractivity contribution in [3.8, 4) is 5.88 Å². The highest BCUT2D eigenvalue weighted by molar-refractivity contribution is 5.72. The molecule has 1 aromatic rings. The summed E-state index contributed by atoms with van der Waals surface area (Å²) in [5.74, 6) is 0.633. The van der Waals surface area contributed by atoms with Gasteiger partial charge >= 0.3 is 5.97 Å². The number of rotatable bonds is 8. The van der Waals surface area contributed by atoms with Crippen LogP contribution in [0.25, 0.3) is 0 Å². The fourth-order valence-corrected chi connectivity index (χ4v) is 1.76. The van der Waals surface area contributed by atoms with Gasteiger partial charge in [0.05, 0.1) is 6.61 Å². The first kappa shape index (κ1) is 13.6. The quantitative estimate of drug-likeness (QED) is 0.769. The van der Waals surface area contributed by atoms with E-state index in [0.717, 1.165) is 19.3 Å². The zero-order valence-corrected chi connectivity index (χ0v) is 11.1. The topological polar surface area (TPSA) is 75.5 Å². The molecule has 1 N–H and O–H groups in total. The van der Waals surface area contributed by atoms with Crippen molar-refractivity contribution in [2.24, 2.45) is 5.92 Å². The molecule has 0 spiro atoms. The number of carbonyl (C=O) groups is 1. The molecule has 6 nitrogen and oxygen atoms in total. The summed E-state index contributed by atoms with van der Waals surface area (Å²) in [7, 11) is 0. The molecule has 1 heterocycles. The summed E-state index contributed by atoms with van der Waals surface area (Å²) in [6.45, 7) is 3.24. The lowest BCUT2D eigenvalue weighted by molar-refractivity contribution is -0.135. The largest absolute Gasteiger partial charge is 0.480 e. The first-order chi connectivity index (χ1) is 9.19. The molecule has 2 rings (SSSR count). The van der Waals surface area contributed by atoms with Gasteiger partial charge < -0.3 is 14.7 Å². The zero-order valence-electron chi connectivity index (χ0n) is 11.1. The summed E-state index contributed by atoms with van der Waals surface area (Å²) in [5.41, 5.74) is 0. The van der Waals surface area contributed by atoms with Gasteiger partial charge in [-0.05, 0) is 25.2 Å². The van der Waals surface area contributed by atoms with Gasteiger partial charge in [-0.2, -0.15) is 4.98 Å². The summed E-state index contributed by atoms with van der Waals surface area (Å²) in [4.78, 5) is 21.0. The van der Waals surface area contributed by atoms with E-state index in [2.05, 4.69) is 9.97 Å². The average Bonchev–Trinajstić information content (AvgIpc) is 3.19. The molecule has 0 saturated heterocycles. The van der Waals surface area contributed by atoms with Crippen molar-refractivity contribution in [3.63, 3.8) is 0 Å². The van der Waals surface area contributed by atoms with E-state index in [1.807, 2.05) is 6.92 Å². The van der Waals surface area contributed by atoms with Crippen LogP contribution in [0.15, 0.2) is 12.3 Å². The molecule has 1 saturated carbocycles. The maximum Gasteiger partial charge on any atom is 0.323 e. The molecule has 6 heteroatoms. The van der Waals surface area contributed by atoms with Crippen molar-refractivity contribution in [1.29, 1.82) is 0 Å². The van der Waals surface area contributed by atoms with Crippen LogP contribution in [0.4, 0.5) is 5.95 Å². The van der Waals surface area contributed by atoms with Gasteiger partial charge in [-0.15, -0.1) is 0 Å². The summed E-state index contributed by atoms with van der Waals surface area (Å²) < 4.78 is 5.45. The number of aromatic nitrogens is 2. The Bertz CT molecular complexity index is 435. The number of hydrogen-bond acceptors (Lipinski definition) is 5. The van der Waals surface area contributed by atoms with Crippen molar-refractivity contribution in [2.45, 2.75) is 26.2 Å². The average molecular weight is 265 g/mol. The molecule has 0 unspecified atom stereocenters. The molecule has 104 valence electrons. The number of aliphatic carboxylic acids is 1. The Morgan fingerprint density at radius 2 is 2.37 bits per heavy atom. The van der Waals surface area contributed by atoms with Crippen molar-refractivity contribution in [1.82, 2.24) is 9.97 Å². The fraction of sp³-hybridized carbons (Fsp3) is 0.615. The van der Waals surface area contributed by atoms with Crippen molar-refractivity contribution in [3.05, 3.63) is 12.3 Å². The molecule has 0 amide bonds. The van der Waals surface area contributed by atoms with E-state index in [1.165, 1.54) is 0 Å². The van der Waals surface area contributed by atoms with E-state index < -0.39 is 5.97 Å². The molecule has 0 atom stereocenters. The van der Waals surface area contributed by atoms with Crippen LogP contribution < -0.4 is 9.64 Å². The Hall–Kier alpha value is -1.85. The Balaban J connectivity index is 2.07. The van der Waals surface area contributed by atoms with Crippen LogP contribution >= 0.6 is 0 Å². The van der Waals surface area contributed by atoms with Gasteiger partial charge in [0.25, 0.3) is 0 Å². The number of hydrogen-bond donors (Lipinski definition) is 1. The van der Waals surface area contributed by atoms with Crippen LogP contribution in [0.3, 0.4) is 0 Å². The molecule has 1 aromatic heterocycles. The van der Waals surface area contributed by atoms with Gasteiger partial charge in [0.1, 0.15) is 6.54 Å². The molecular formula is C13H19N3O3. The summed E-state index contributed by atoms with van der Waals surface area (Å²) >= 11 is 0. The molecule has 1 fully saturated rings. The minimum absolute atomic E-state index is 0.0757. The number of carboxylic acids is 1. The zero-order chi connectivity index (χ0) is 13.7. The molecule has 19 heavy (non-hydrogen) atoms. The van der Waals surface area contributed by atoms with E-state index in [0.29, 0.717) is 30.9 Å². The first-order valence-corrected chi connectivity index (χ1v) is 6.61. The summed E-state index contributed by atoms with van der Waals surface area (Å²) in [6.07, 6.45) is 4.82. The van der Waals surface area contributed by atoms with Gasteiger partial charge in [0.2, 0.25) is 11.8 Å². The van der Waals surface area contributed by atoms with E-state index in [1.54, 1.807) is 17.2 Å². The highest BCUT2D eigenvalue weighted by atomic mass is 16.5. The molecule has 1 aliphatic carbocycles. The third-order valence-corrected chi connectivity index (χ3v) is 2.86. The van der Waals surface area contributed by atoms with Crippen molar-refractivity contribution in [2.75, 3.05) is 24.6 Å². The van der Waals surface area contributed by atoms with Gasteiger partial charge in [0.15, 0.2) is 0 Å². The lowest BCUT2D eigenvalue weighted by atomic mass is 10.3. The highest BCUT2D eigenvalue weighted by Gasteiger charge is 2.26. The molecule has 0 bridgehead atoms. The second kappa shape index (κ2) is 6.36. The number of nitrogens with zero attached hydrogens (tertiary/aromatic N) is 3. The smallest absolute Gasteiger partial charge is 0.323 e. The maximum atomic E-state index is 10.9. The van der Waals surface area contributed by atoms with Crippen LogP contribution in [-0.4, -0.2) is 40.7 Å². The number of ether oxygens (including phenoxy) is 1. The Morgan fingerprint density at radius 1 is 1.58 bits per heavy atom. The SMILES string of the molecule is CCCOc1ccnc(N(CC(=O)O)CC2CC2)n1. The Morgan fingerprint density at radius 3 is 3.00 bits per heavy atom. The summed E-state index contributed by atoms with van der Waals surface area (Å²) in [5, 5.41) is 8.96. The van der Waals surface area contributed by atoms with Crippen LogP contribution in [-0.2, 0) is 4.79 Å². The number of anilines is 1. The third-order valence-electron chi connectivity index (χ3n) is 2.86.